The van der Waals surface area contributed by atoms with Crippen LogP contribution in [0.1, 0.15) is 90.0 Å². The molecule has 4 aliphatic rings. The zero-order valence-corrected chi connectivity index (χ0v) is 30.5. The van der Waals surface area contributed by atoms with Crippen molar-refractivity contribution in [2.45, 2.75) is 82.1 Å². The lowest BCUT2D eigenvalue weighted by molar-refractivity contribution is -0.141. The fourth-order valence-electron chi connectivity index (χ4n) is 9.51. The molecule has 0 radical (unpaired) electrons. The lowest BCUT2D eigenvalue weighted by atomic mass is 9.69. The monoisotopic (exact) mass is 721 g/mol. The molecule has 0 spiro atoms. The number of aliphatic hydroxyl groups excluding tert-OH is 1. The second-order valence-electron chi connectivity index (χ2n) is 15.6. The molecule has 3 N–H and O–H groups in total. The fourth-order valence-corrected chi connectivity index (χ4v) is 9.51. The summed E-state index contributed by atoms with van der Waals surface area (Å²) in [6, 6.07) is 31.6. The lowest BCUT2D eigenvalue weighted by Gasteiger charge is -2.36. The van der Waals surface area contributed by atoms with Gasteiger partial charge >= 0.3 is 0 Å². The average Bonchev–Trinajstić information content (AvgIpc) is 3.81. The molecule has 4 atom stereocenters. The molecule has 0 bridgehead atoms. The minimum absolute atomic E-state index is 0.253. The second-order valence-corrected chi connectivity index (χ2v) is 15.6. The van der Waals surface area contributed by atoms with Crippen molar-refractivity contribution in [2.75, 3.05) is 18.0 Å². The Morgan fingerprint density at radius 2 is 1.57 bits per heavy atom. The zero-order valence-electron chi connectivity index (χ0n) is 30.5. The minimum Gasteiger partial charge on any atom is -0.508 e. The SMILES string of the molecule is O=C1CCC(N2Cc3cc(-c4cnn(CCC5CCN(c6ccc(C7c8ccc(O)cc8CC[C@@H]7c7ccccc7)cc6)CC5)c4)ccc3C2O)C(=O)N1. The number of phenols is 1. The summed E-state index contributed by atoms with van der Waals surface area (Å²) < 4.78 is 2.05. The number of rotatable bonds is 8. The number of amides is 2. The van der Waals surface area contributed by atoms with E-state index in [0.717, 1.165) is 74.0 Å². The molecule has 4 heterocycles. The molecule has 1 aromatic heterocycles. The van der Waals surface area contributed by atoms with E-state index in [1.807, 2.05) is 35.1 Å². The standard InChI is InChI=1S/C45H47N5O4/c51-37-12-15-39-33(25-37)9-13-38(30-4-2-1-3-5-30)43(39)31-6-10-36(11-7-31)48-21-18-29(19-22-48)20-23-49-27-35(26-46-49)32-8-14-40-34(24-32)28-50(45(40)54)41-16-17-42(52)47-44(41)53/h1-8,10-12,14-15,24-27,29,38,41,43,45,51,54H,9,13,16-23,28H2,(H,47,52,53)/t38-,41?,43?,45?/m1/s1. The number of fused-ring (bicyclic) bond motifs is 2. The Kier molecular flexibility index (Phi) is 9.29. The van der Waals surface area contributed by atoms with E-state index in [4.69, 9.17) is 5.10 Å². The quantitative estimate of drug-likeness (QED) is 0.148. The maximum atomic E-state index is 12.5. The van der Waals surface area contributed by atoms with Gasteiger partial charge in [0.25, 0.3) is 0 Å². The van der Waals surface area contributed by atoms with Gasteiger partial charge in [-0.15, -0.1) is 0 Å². The maximum Gasteiger partial charge on any atom is 0.244 e. The van der Waals surface area contributed by atoms with E-state index in [2.05, 4.69) is 83.1 Å². The number of piperidine rings is 2. The van der Waals surface area contributed by atoms with Gasteiger partial charge in [0.1, 0.15) is 12.0 Å². The van der Waals surface area contributed by atoms with Gasteiger partial charge in [0, 0.05) is 56.0 Å². The van der Waals surface area contributed by atoms with Crippen molar-refractivity contribution < 1.29 is 19.8 Å². The van der Waals surface area contributed by atoms with Crippen molar-refractivity contribution in [3.8, 4) is 16.9 Å². The number of imide groups is 1. The molecule has 3 aliphatic heterocycles. The van der Waals surface area contributed by atoms with E-state index in [1.165, 1.54) is 27.9 Å². The van der Waals surface area contributed by atoms with E-state index in [-0.39, 0.29) is 24.2 Å². The minimum atomic E-state index is -0.865. The number of aromatic nitrogens is 2. The summed E-state index contributed by atoms with van der Waals surface area (Å²) >= 11 is 0. The third-order valence-electron chi connectivity index (χ3n) is 12.5. The number of nitrogens with zero attached hydrogens (tertiary/aromatic N) is 4. The second kappa shape index (κ2) is 14.5. The van der Waals surface area contributed by atoms with Crippen LogP contribution in [0.25, 0.3) is 11.1 Å². The first-order chi connectivity index (χ1) is 26.4. The first-order valence-corrected chi connectivity index (χ1v) is 19.5. The Balaban J connectivity index is 0.804. The van der Waals surface area contributed by atoms with Crippen molar-refractivity contribution >= 4 is 17.5 Å². The molecule has 2 fully saturated rings. The predicted octanol–water partition coefficient (Wildman–Crippen LogP) is 7.04. The Bertz CT molecular complexity index is 2160. The number of aryl methyl sites for hydroxylation is 2. The summed E-state index contributed by atoms with van der Waals surface area (Å²) in [5.41, 5.74) is 10.5. The Labute approximate surface area is 316 Å². The molecule has 5 aromatic rings. The molecule has 3 unspecified atom stereocenters. The number of aromatic hydroxyl groups is 1. The molecule has 54 heavy (non-hydrogen) atoms. The number of carbonyl (C=O) groups is 2. The van der Waals surface area contributed by atoms with Crippen LogP contribution in [0.4, 0.5) is 5.69 Å². The van der Waals surface area contributed by atoms with Crippen LogP contribution in [0.5, 0.6) is 5.75 Å². The Morgan fingerprint density at radius 1 is 0.778 bits per heavy atom. The van der Waals surface area contributed by atoms with Crippen LogP contribution in [0, 0.1) is 5.92 Å². The zero-order chi connectivity index (χ0) is 36.8. The Hall–Kier alpha value is -5.25. The summed E-state index contributed by atoms with van der Waals surface area (Å²) in [4.78, 5) is 28.4. The first-order valence-electron chi connectivity index (χ1n) is 19.5. The van der Waals surface area contributed by atoms with E-state index in [9.17, 15) is 19.8 Å². The highest BCUT2D eigenvalue weighted by Gasteiger charge is 2.40. The molecule has 276 valence electrons. The largest absolute Gasteiger partial charge is 0.508 e. The van der Waals surface area contributed by atoms with Crippen molar-refractivity contribution in [1.29, 1.82) is 0 Å². The number of hydrogen-bond donors (Lipinski definition) is 3. The van der Waals surface area contributed by atoms with Crippen molar-refractivity contribution in [1.82, 2.24) is 20.0 Å². The van der Waals surface area contributed by atoms with E-state index in [1.54, 1.807) is 4.90 Å². The van der Waals surface area contributed by atoms with Crippen molar-refractivity contribution in [3.05, 3.63) is 137 Å². The van der Waals surface area contributed by atoms with Crippen LogP contribution >= 0.6 is 0 Å². The number of nitrogens with one attached hydrogen (secondary N) is 1. The summed E-state index contributed by atoms with van der Waals surface area (Å²) in [7, 11) is 0. The summed E-state index contributed by atoms with van der Waals surface area (Å²) in [5, 5.41) is 28.3. The third kappa shape index (κ3) is 6.71. The van der Waals surface area contributed by atoms with Gasteiger partial charge in [0.05, 0.1) is 12.2 Å². The van der Waals surface area contributed by atoms with Gasteiger partial charge in [-0.3, -0.25) is 24.5 Å². The molecule has 0 saturated carbocycles. The highest BCUT2D eigenvalue weighted by molar-refractivity contribution is 6.00. The van der Waals surface area contributed by atoms with E-state index < -0.39 is 12.3 Å². The van der Waals surface area contributed by atoms with E-state index in [0.29, 0.717) is 30.6 Å². The Morgan fingerprint density at radius 3 is 2.37 bits per heavy atom. The number of phenolic OH excluding ortho intramolecular Hbond substituents is 1. The number of hydrogen-bond acceptors (Lipinski definition) is 7. The van der Waals surface area contributed by atoms with Gasteiger partial charge in [-0.05, 0) is 120 Å². The summed E-state index contributed by atoms with van der Waals surface area (Å²) in [5.74, 6) is 1.06. The number of benzene rings is 4. The van der Waals surface area contributed by atoms with Gasteiger partial charge in [-0.1, -0.05) is 60.7 Å². The molecule has 9 rings (SSSR count). The van der Waals surface area contributed by atoms with Crippen LogP contribution in [-0.4, -0.2) is 55.8 Å². The van der Waals surface area contributed by atoms with E-state index >= 15 is 0 Å². The fraction of sp³-hybridized carbons (Fsp3) is 0.356. The summed E-state index contributed by atoms with van der Waals surface area (Å²) in [6.45, 7) is 3.42. The molecule has 9 heteroatoms. The van der Waals surface area contributed by atoms with Crippen LogP contribution in [-0.2, 0) is 29.1 Å². The molecule has 2 saturated heterocycles. The molecule has 2 amide bonds. The van der Waals surface area contributed by atoms with Gasteiger partial charge < -0.3 is 15.1 Å². The molecule has 4 aromatic carbocycles. The van der Waals surface area contributed by atoms with Gasteiger partial charge in [0.2, 0.25) is 11.8 Å². The number of anilines is 1. The van der Waals surface area contributed by atoms with Crippen LogP contribution < -0.4 is 10.2 Å². The predicted molar refractivity (Wildman–Crippen MR) is 208 cm³/mol. The normalized spacial score (nSPS) is 23.2. The van der Waals surface area contributed by atoms with Crippen molar-refractivity contribution in [2.24, 2.45) is 5.92 Å². The average molecular weight is 722 g/mol. The highest BCUT2D eigenvalue weighted by atomic mass is 16.3. The third-order valence-corrected chi connectivity index (χ3v) is 12.5. The van der Waals surface area contributed by atoms with Gasteiger partial charge in [0.15, 0.2) is 0 Å². The van der Waals surface area contributed by atoms with Crippen LogP contribution in [0.3, 0.4) is 0 Å². The van der Waals surface area contributed by atoms with Crippen LogP contribution in [0.2, 0.25) is 0 Å². The maximum absolute atomic E-state index is 12.5. The van der Waals surface area contributed by atoms with Gasteiger partial charge in [-0.25, -0.2) is 0 Å². The lowest BCUT2D eigenvalue weighted by Crippen LogP contribution is -2.51. The first kappa shape index (κ1) is 34.5. The highest BCUT2D eigenvalue weighted by Crippen LogP contribution is 2.47. The van der Waals surface area contributed by atoms with Crippen molar-refractivity contribution in [3.63, 3.8) is 0 Å². The smallest absolute Gasteiger partial charge is 0.244 e. The number of aliphatic hydroxyl groups is 1. The molecule has 9 nitrogen and oxygen atoms in total. The van der Waals surface area contributed by atoms with Gasteiger partial charge in [-0.2, -0.15) is 5.10 Å². The molecule has 1 aliphatic carbocycles. The molecular formula is C45H47N5O4. The molecular weight excluding hydrogens is 675 g/mol. The summed E-state index contributed by atoms with van der Waals surface area (Å²) in [6.07, 6.45) is 9.29. The topological polar surface area (TPSA) is 111 Å². The number of carbonyl (C=O) groups excluding carboxylic acids is 2. The van der Waals surface area contributed by atoms with Crippen LogP contribution in [0.15, 0.2) is 103 Å².